The lowest BCUT2D eigenvalue weighted by molar-refractivity contribution is -0.137. The zero-order valence-electron chi connectivity index (χ0n) is 8.93. The summed E-state index contributed by atoms with van der Waals surface area (Å²) >= 11 is 5.83. The molecule has 0 radical (unpaired) electrons. The third kappa shape index (κ3) is 2.48. The van der Waals surface area contributed by atoms with Crippen LogP contribution in [0.15, 0.2) is 42.5 Å². The number of hydrogen-bond acceptors (Lipinski definition) is 0. The molecular formula is C13H7ClF4. The Balaban J connectivity index is 2.47. The summed E-state index contributed by atoms with van der Waals surface area (Å²) in [5.41, 5.74) is -0.363. The molecule has 5 heteroatoms. The lowest BCUT2D eigenvalue weighted by Crippen LogP contribution is -2.04. The summed E-state index contributed by atoms with van der Waals surface area (Å²) in [6.45, 7) is 0. The van der Waals surface area contributed by atoms with Crippen LogP contribution in [0.4, 0.5) is 17.6 Å². The molecule has 0 heterocycles. The predicted molar refractivity (Wildman–Crippen MR) is 61.8 cm³/mol. The van der Waals surface area contributed by atoms with Crippen LogP contribution in [0.2, 0.25) is 5.02 Å². The maximum atomic E-state index is 13.6. The number of benzene rings is 2. The molecule has 0 aliphatic heterocycles. The Morgan fingerprint density at radius 1 is 0.889 bits per heavy atom. The number of halogens is 5. The van der Waals surface area contributed by atoms with Crippen molar-refractivity contribution in [2.24, 2.45) is 0 Å². The molecule has 94 valence electrons. The van der Waals surface area contributed by atoms with E-state index in [-0.39, 0.29) is 10.6 Å². The molecule has 0 bridgehead atoms. The molecule has 2 aromatic carbocycles. The molecule has 2 rings (SSSR count). The second-order valence-electron chi connectivity index (χ2n) is 3.67. The minimum atomic E-state index is -4.41. The van der Waals surface area contributed by atoms with Gasteiger partial charge in [-0.15, -0.1) is 0 Å². The molecule has 0 saturated heterocycles. The minimum absolute atomic E-state index is 0.105. The van der Waals surface area contributed by atoms with Crippen LogP contribution in [0.25, 0.3) is 11.1 Å². The van der Waals surface area contributed by atoms with E-state index in [1.165, 1.54) is 30.3 Å². The second kappa shape index (κ2) is 4.61. The lowest BCUT2D eigenvalue weighted by Gasteiger charge is -2.09. The molecule has 0 saturated carbocycles. The van der Waals surface area contributed by atoms with Gasteiger partial charge < -0.3 is 0 Å². The van der Waals surface area contributed by atoms with Crippen LogP contribution >= 0.6 is 11.6 Å². The van der Waals surface area contributed by atoms with Gasteiger partial charge in [-0.25, -0.2) is 4.39 Å². The molecule has 0 spiro atoms. The highest BCUT2D eigenvalue weighted by molar-refractivity contribution is 6.33. The molecule has 0 N–H and O–H groups in total. The Labute approximate surface area is 106 Å². The van der Waals surface area contributed by atoms with E-state index in [0.29, 0.717) is 5.56 Å². The molecule has 0 amide bonds. The molecule has 0 fully saturated rings. The average Bonchev–Trinajstić information content (AvgIpc) is 2.28. The first-order valence-corrected chi connectivity index (χ1v) is 5.39. The highest BCUT2D eigenvalue weighted by atomic mass is 35.5. The van der Waals surface area contributed by atoms with Gasteiger partial charge in [0, 0.05) is 5.56 Å². The van der Waals surface area contributed by atoms with E-state index in [2.05, 4.69) is 0 Å². The first-order valence-electron chi connectivity index (χ1n) is 5.01. The van der Waals surface area contributed by atoms with Crippen molar-refractivity contribution >= 4 is 11.6 Å². The highest BCUT2D eigenvalue weighted by Crippen LogP contribution is 2.34. The zero-order chi connectivity index (χ0) is 13.3. The number of rotatable bonds is 1. The van der Waals surface area contributed by atoms with E-state index in [1.54, 1.807) is 0 Å². The zero-order valence-corrected chi connectivity index (χ0v) is 9.69. The van der Waals surface area contributed by atoms with Gasteiger partial charge in [0.1, 0.15) is 5.82 Å². The second-order valence-corrected chi connectivity index (χ2v) is 4.08. The summed E-state index contributed by atoms with van der Waals surface area (Å²) in [5, 5.41) is 0.162. The Morgan fingerprint density at radius 3 is 2.00 bits per heavy atom. The Bertz CT molecular complexity index is 538. The first kappa shape index (κ1) is 12.9. The van der Waals surface area contributed by atoms with Gasteiger partial charge in [0.25, 0.3) is 0 Å². The van der Waals surface area contributed by atoms with Gasteiger partial charge in [0.05, 0.1) is 10.6 Å². The Morgan fingerprint density at radius 2 is 1.50 bits per heavy atom. The third-order valence-electron chi connectivity index (χ3n) is 2.46. The Hall–Kier alpha value is -1.55. The SMILES string of the molecule is Fc1cccc(Cl)c1-c1ccc(C(F)(F)F)cc1. The first-order chi connectivity index (χ1) is 8.39. The van der Waals surface area contributed by atoms with Gasteiger partial charge in [-0.1, -0.05) is 29.8 Å². The highest BCUT2D eigenvalue weighted by Gasteiger charge is 2.30. The fourth-order valence-corrected chi connectivity index (χ4v) is 1.87. The van der Waals surface area contributed by atoms with Crippen molar-refractivity contribution in [3.8, 4) is 11.1 Å². The van der Waals surface area contributed by atoms with Gasteiger partial charge in [0.2, 0.25) is 0 Å². The third-order valence-corrected chi connectivity index (χ3v) is 2.78. The van der Waals surface area contributed by atoms with Crippen LogP contribution in [-0.4, -0.2) is 0 Å². The van der Waals surface area contributed by atoms with Crippen molar-refractivity contribution in [1.82, 2.24) is 0 Å². The van der Waals surface area contributed by atoms with Gasteiger partial charge in [0.15, 0.2) is 0 Å². The fraction of sp³-hybridized carbons (Fsp3) is 0.0769. The van der Waals surface area contributed by atoms with Crippen molar-refractivity contribution in [1.29, 1.82) is 0 Å². The van der Waals surface area contributed by atoms with Gasteiger partial charge in [-0.3, -0.25) is 0 Å². The maximum absolute atomic E-state index is 13.6. The van der Waals surface area contributed by atoms with Crippen LogP contribution in [0, 0.1) is 5.82 Å². The molecular weight excluding hydrogens is 268 g/mol. The monoisotopic (exact) mass is 274 g/mol. The smallest absolute Gasteiger partial charge is 0.206 e. The summed E-state index contributed by atoms with van der Waals surface area (Å²) in [5.74, 6) is -0.567. The predicted octanol–water partition coefficient (Wildman–Crippen LogP) is 5.16. The van der Waals surface area contributed by atoms with Gasteiger partial charge >= 0.3 is 6.18 Å². The van der Waals surface area contributed by atoms with E-state index < -0.39 is 17.6 Å². The molecule has 18 heavy (non-hydrogen) atoms. The van der Waals surface area contributed by atoms with Crippen LogP contribution in [0.5, 0.6) is 0 Å². The summed E-state index contributed by atoms with van der Waals surface area (Å²) in [6.07, 6.45) is -4.41. The Kier molecular flexibility index (Phi) is 3.30. The molecule has 0 unspecified atom stereocenters. The van der Waals surface area contributed by atoms with Gasteiger partial charge in [-0.2, -0.15) is 13.2 Å². The summed E-state index contributed by atoms with van der Waals surface area (Å²) in [4.78, 5) is 0. The van der Waals surface area contributed by atoms with Crippen molar-refractivity contribution in [3.05, 3.63) is 58.9 Å². The van der Waals surface area contributed by atoms with Gasteiger partial charge in [-0.05, 0) is 29.8 Å². The molecule has 0 atom stereocenters. The number of alkyl halides is 3. The van der Waals surface area contributed by atoms with Crippen molar-refractivity contribution < 1.29 is 17.6 Å². The summed E-state index contributed by atoms with van der Waals surface area (Å²) in [6, 6.07) is 8.33. The fourth-order valence-electron chi connectivity index (χ4n) is 1.60. The van der Waals surface area contributed by atoms with E-state index in [0.717, 1.165) is 12.1 Å². The maximum Gasteiger partial charge on any atom is 0.416 e. The standard InChI is InChI=1S/C13H7ClF4/c14-10-2-1-3-11(15)12(10)8-4-6-9(7-5-8)13(16,17)18/h1-7H. The van der Waals surface area contributed by atoms with Crippen molar-refractivity contribution in [2.75, 3.05) is 0 Å². The van der Waals surface area contributed by atoms with Crippen LogP contribution < -0.4 is 0 Å². The van der Waals surface area contributed by atoms with E-state index >= 15 is 0 Å². The summed E-state index contributed by atoms with van der Waals surface area (Å²) in [7, 11) is 0. The molecule has 2 aromatic rings. The van der Waals surface area contributed by atoms with Crippen LogP contribution in [0.3, 0.4) is 0 Å². The normalized spacial score (nSPS) is 11.6. The molecule has 0 aliphatic carbocycles. The van der Waals surface area contributed by atoms with E-state index in [1.807, 2.05) is 0 Å². The number of hydrogen-bond donors (Lipinski definition) is 0. The van der Waals surface area contributed by atoms with Crippen molar-refractivity contribution in [2.45, 2.75) is 6.18 Å². The topological polar surface area (TPSA) is 0 Å². The summed E-state index contributed by atoms with van der Waals surface area (Å²) < 4.78 is 50.7. The lowest BCUT2D eigenvalue weighted by atomic mass is 10.0. The molecule has 0 aromatic heterocycles. The average molecular weight is 275 g/mol. The van der Waals surface area contributed by atoms with E-state index in [9.17, 15) is 17.6 Å². The van der Waals surface area contributed by atoms with E-state index in [4.69, 9.17) is 11.6 Å². The van der Waals surface area contributed by atoms with Crippen LogP contribution in [-0.2, 0) is 6.18 Å². The van der Waals surface area contributed by atoms with Crippen LogP contribution in [0.1, 0.15) is 5.56 Å². The van der Waals surface area contributed by atoms with Crippen molar-refractivity contribution in [3.63, 3.8) is 0 Å². The molecule has 0 aliphatic rings. The quantitative estimate of drug-likeness (QED) is 0.630. The molecule has 0 nitrogen and oxygen atoms in total. The minimum Gasteiger partial charge on any atom is -0.206 e. The largest absolute Gasteiger partial charge is 0.416 e.